The number of carboxylic acid groups (broad SMARTS) is 1. The van der Waals surface area contributed by atoms with Crippen molar-refractivity contribution in [3.05, 3.63) is 45.3 Å². The number of pyridine rings is 1. The van der Waals surface area contributed by atoms with Crippen LogP contribution >= 0.6 is 11.3 Å². The highest BCUT2D eigenvalue weighted by Crippen LogP contribution is 2.30. The number of aromatic nitrogens is 1. The summed E-state index contributed by atoms with van der Waals surface area (Å²) in [7, 11) is 0. The molecule has 0 spiro atoms. The monoisotopic (exact) mass is 302 g/mol. The molecule has 0 saturated heterocycles. The van der Waals surface area contributed by atoms with E-state index in [0.717, 1.165) is 31.2 Å². The summed E-state index contributed by atoms with van der Waals surface area (Å²) in [5.74, 6) is -1.30. The van der Waals surface area contributed by atoms with Crippen LogP contribution in [-0.4, -0.2) is 22.0 Å². The van der Waals surface area contributed by atoms with E-state index < -0.39 is 5.97 Å². The van der Waals surface area contributed by atoms with Gasteiger partial charge in [-0.2, -0.15) is 0 Å². The molecule has 2 heterocycles. The Bertz CT molecular complexity index is 709. The zero-order valence-electron chi connectivity index (χ0n) is 11.3. The number of amides is 1. The van der Waals surface area contributed by atoms with Gasteiger partial charge in [0, 0.05) is 16.5 Å². The molecule has 2 aromatic rings. The van der Waals surface area contributed by atoms with Crippen LogP contribution in [0.2, 0.25) is 0 Å². The van der Waals surface area contributed by atoms with E-state index in [9.17, 15) is 9.59 Å². The lowest BCUT2D eigenvalue weighted by Crippen LogP contribution is -2.17. The second kappa shape index (κ2) is 5.65. The first-order chi connectivity index (χ1) is 10.2. The number of hydrogen-bond donors (Lipinski definition) is 2. The molecule has 0 saturated carbocycles. The van der Waals surface area contributed by atoms with Crippen molar-refractivity contribution in [3.8, 4) is 0 Å². The normalized spacial score (nSPS) is 13.5. The van der Waals surface area contributed by atoms with E-state index in [1.54, 1.807) is 11.3 Å². The van der Waals surface area contributed by atoms with Crippen LogP contribution in [0.3, 0.4) is 0 Å². The Kier molecular flexibility index (Phi) is 3.70. The Morgan fingerprint density at radius 2 is 2.05 bits per heavy atom. The molecule has 1 aliphatic rings. The zero-order valence-corrected chi connectivity index (χ0v) is 12.1. The number of carbonyl (C=O) groups is 2. The number of carbonyl (C=O) groups excluding carboxylic acids is 1. The highest BCUT2D eigenvalue weighted by molar-refractivity contribution is 7.10. The summed E-state index contributed by atoms with van der Waals surface area (Å²) in [4.78, 5) is 28.7. The fourth-order valence-corrected chi connectivity index (χ4v) is 3.66. The number of aromatic carboxylic acids is 1. The molecule has 1 amide bonds. The van der Waals surface area contributed by atoms with E-state index in [1.807, 2.05) is 5.38 Å². The Morgan fingerprint density at radius 1 is 1.24 bits per heavy atom. The van der Waals surface area contributed by atoms with Crippen molar-refractivity contribution in [1.29, 1.82) is 0 Å². The molecule has 108 valence electrons. The van der Waals surface area contributed by atoms with E-state index in [1.165, 1.54) is 23.2 Å². The molecule has 0 unspecified atom stereocenters. The highest BCUT2D eigenvalue weighted by atomic mass is 32.1. The van der Waals surface area contributed by atoms with Gasteiger partial charge in [0.2, 0.25) is 0 Å². The van der Waals surface area contributed by atoms with Crippen molar-refractivity contribution in [2.75, 3.05) is 5.32 Å². The van der Waals surface area contributed by atoms with Gasteiger partial charge in [-0.3, -0.25) is 4.79 Å². The van der Waals surface area contributed by atoms with E-state index >= 15 is 0 Å². The van der Waals surface area contributed by atoms with Gasteiger partial charge in [0.25, 0.3) is 5.91 Å². The van der Waals surface area contributed by atoms with Gasteiger partial charge in [-0.25, -0.2) is 9.78 Å². The molecule has 0 aliphatic heterocycles. The summed E-state index contributed by atoms with van der Waals surface area (Å²) < 4.78 is 0. The molecule has 2 N–H and O–H groups in total. The summed E-state index contributed by atoms with van der Waals surface area (Å²) in [5.41, 5.74) is 1.75. The summed E-state index contributed by atoms with van der Waals surface area (Å²) in [5, 5.41) is 13.6. The van der Waals surface area contributed by atoms with Gasteiger partial charge in [0.1, 0.15) is 11.4 Å². The third-order valence-electron chi connectivity index (χ3n) is 3.58. The van der Waals surface area contributed by atoms with Crippen LogP contribution in [0.1, 0.15) is 44.0 Å². The van der Waals surface area contributed by atoms with Crippen LogP contribution in [0, 0.1) is 0 Å². The van der Waals surface area contributed by atoms with Crippen molar-refractivity contribution in [2.24, 2.45) is 0 Å². The Morgan fingerprint density at radius 3 is 2.86 bits per heavy atom. The lowest BCUT2D eigenvalue weighted by Gasteiger charge is -2.13. The molecule has 0 radical (unpaired) electrons. The molecule has 0 fully saturated rings. The molecule has 0 atom stereocenters. The second-order valence-corrected chi connectivity index (χ2v) is 5.88. The maximum Gasteiger partial charge on any atom is 0.339 e. The number of thiophene rings is 1. The Hall–Kier alpha value is -2.21. The van der Waals surface area contributed by atoms with Crippen molar-refractivity contribution >= 4 is 29.0 Å². The van der Waals surface area contributed by atoms with Crippen LogP contribution in [0.15, 0.2) is 23.7 Å². The molecule has 21 heavy (non-hydrogen) atoms. The van der Waals surface area contributed by atoms with Gasteiger partial charge >= 0.3 is 5.97 Å². The minimum absolute atomic E-state index is 0.00468. The van der Waals surface area contributed by atoms with Gasteiger partial charge in [-0.1, -0.05) is 0 Å². The first kappa shape index (κ1) is 13.8. The summed E-state index contributed by atoms with van der Waals surface area (Å²) in [6.45, 7) is 0. The van der Waals surface area contributed by atoms with Gasteiger partial charge in [-0.15, -0.1) is 11.3 Å². The summed E-state index contributed by atoms with van der Waals surface area (Å²) in [6, 6.07) is 2.96. The number of anilines is 1. The number of carboxylic acids is 1. The van der Waals surface area contributed by atoms with Crippen LogP contribution in [0.4, 0.5) is 5.82 Å². The maximum absolute atomic E-state index is 12.4. The second-order valence-electron chi connectivity index (χ2n) is 4.92. The molecule has 3 rings (SSSR count). The molecule has 5 nitrogen and oxygen atoms in total. The predicted molar refractivity (Wildman–Crippen MR) is 80.1 cm³/mol. The third-order valence-corrected chi connectivity index (χ3v) is 4.66. The van der Waals surface area contributed by atoms with E-state index in [-0.39, 0.29) is 17.3 Å². The van der Waals surface area contributed by atoms with Gasteiger partial charge in [0.15, 0.2) is 0 Å². The van der Waals surface area contributed by atoms with E-state index in [4.69, 9.17) is 5.11 Å². The standard InChI is InChI=1S/C15H14N2O3S/c18-14(11-8-21-12-6-2-1-4-9(11)12)17-13-10(15(19)20)5-3-7-16-13/h3,5,7-8H,1-2,4,6H2,(H,19,20)(H,16,17,18). The summed E-state index contributed by atoms with van der Waals surface area (Å²) >= 11 is 1.60. The first-order valence-corrected chi connectivity index (χ1v) is 7.63. The quantitative estimate of drug-likeness (QED) is 0.913. The lowest BCUT2D eigenvalue weighted by atomic mass is 9.95. The topological polar surface area (TPSA) is 79.3 Å². The number of hydrogen-bond acceptors (Lipinski definition) is 4. The van der Waals surface area contributed by atoms with Crippen molar-refractivity contribution in [2.45, 2.75) is 25.7 Å². The minimum atomic E-state index is -1.11. The average molecular weight is 302 g/mol. The fourth-order valence-electron chi connectivity index (χ4n) is 2.54. The molecule has 1 aliphatic carbocycles. The maximum atomic E-state index is 12.4. The van der Waals surface area contributed by atoms with Crippen molar-refractivity contribution < 1.29 is 14.7 Å². The average Bonchev–Trinajstić information content (AvgIpc) is 2.91. The Labute approximate surface area is 125 Å². The molecule has 2 aromatic heterocycles. The number of aryl methyl sites for hydroxylation is 1. The minimum Gasteiger partial charge on any atom is -0.478 e. The number of nitrogens with one attached hydrogen (secondary N) is 1. The molecular formula is C15H14N2O3S. The smallest absolute Gasteiger partial charge is 0.339 e. The first-order valence-electron chi connectivity index (χ1n) is 6.75. The van der Waals surface area contributed by atoms with Gasteiger partial charge < -0.3 is 10.4 Å². The number of rotatable bonds is 3. The van der Waals surface area contributed by atoms with Crippen LogP contribution in [0.25, 0.3) is 0 Å². The molecule has 0 aromatic carbocycles. The lowest BCUT2D eigenvalue weighted by molar-refractivity contribution is 0.0697. The fraction of sp³-hybridized carbons (Fsp3) is 0.267. The molecule has 0 bridgehead atoms. The predicted octanol–water partition coefficient (Wildman–Crippen LogP) is 2.97. The van der Waals surface area contributed by atoms with Crippen LogP contribution < -0.4 is 5.32 Å². The zero-order chi connectivity index (χ0) is 14.8. The number of fused-ring (bicyclic) bond motifs is 1. The Balaban J connectivity index is 1.87. The van der Waals surface area contributed by atoms with E-state index in [2.05, 4.69) is 10.3 Å². The largest absolute Gasteiger partial charge is 0.478 e. The SMILES string of the molecule is O=C(O)c1cccnc1NC(=O)c1csc2c1CCCC2. The highest BCUT2D eigenvalue weighted by Gasteiger charge is 2.21. The third kappa shape index (κ3) is 2.67. The van der Waals surface area contributed by atoms with Crippen LogP contribution in [-0.2, 0) is 12.8 Å². The van der Waals surface area contributed by atoms with Crippen molar-refractivity contribution in [1.82, 2.24) is 4.98 Å². The number of nitrogens with zero attached hydrogens (tertiary/aromatic N) is 1. The molecular weight excluding hydrogens is 288 g/mol. The van der Waals surface area contributed by atoms with Crippen molar-refractivity contribution in [3.63, 3.8) is 0 Å². The summed E-state index contributed by atoms with van der Waals surface area (Å²) in [6.07, 6.45) is 5.66. The van der Waals surface area contributed by atoms with Gasteiger partial charge in [0.05, 0.1) is 5.56 Å². The van der Waals surface area contributed by atoms with Gasteiger partial charge in [-0.05, 0) is 43.4 Å². The van der Waals surface area contributed by atoms with Crippen LogP contribution in [0.5, 0.6) is 0 Å². The molecule has 6 heteroatoms. The van der Waals surface area contributed by atoms with E-state index in [0.29, 0.717) is 5.56 Å².